The van der Waals surface area contributed by atoms with Gasteiger partial charge in [-0.2, -0.15) is 5.10 Å². The molecule has 0 atom stereocenters. The molecule has 0 amide bonds. The van der Waals surface area contributed by atoms with E-state index in [1.54, 1.807) is 0 Å². The first-order chi connectivity index (χ1) is 11.4. The van der Waals surface area contributed by atoms with Crippen LogP contribution in [-0.2, 0) is 0 Å². The number of aromatic nitrogens is 2. The molecule has 2 aliphatic rings. The summed E-state index contributed by atoms with van der Waals surface area (Å²) in [6, 6.07) is 1.97. The minimum absolute atomic E-state index is 0.241. The summed E-state index contributed by atoms with van der Waals surface area (Å²) >= 11 is 0. The fraction of sp³-hybridized carbons (Fsp3) is 0.632. The second kappa shape index (κ2) is 6.91. The van der Waals surface area contributed by atoms with Gasteiger partial charge in [0, 0.05) is 30.2 Å². The Morgan fingerprint density at radius 1 is 1.04 bits per heavy atom. The van der Waals surface area contributed by atoms with Gasteiger partial charge in [0.15, 0.2) is 0 Å². The van der Waals surface area contributed by atoms with Crippen LogP contribution in [0.5, 0.6) is 0 Å². The number of rotatable bonds is 3. The van der Waals surface area contributed by atoms with Crippen LogP contribution >= 0.6 is 0 Å². The van der Waals surface area contributed by atoms with Gasteiger partial charge in [0.2, 0.25) is 5.95 Å². The average Bonchev–Trinajstić information content (AvgIpc) is 2.51. The third kappa shape index (κ3) is 4.34. The summed E-state index contributed by atoms with van der Waals surface area (Å²) in [6.45, 7) is 11.0. The van der Waals surface area contributed by atoms with Gasteiger partial charge in [-0.25, -0.2) is 15.4 Å². The molecule has 0 bridgehead atoms. The molecule has 0 radical (unpaired) electrons. The molecule has 0 spiro atoms. The van der Waals surface area contributed by atoms with Crippen molar-refractivity contribution in [2.24, 2.45) is 10.5 Å². The number of allylic oxidation sites excluding steroid dienone is 2. The first-order valence-electron chi connectivity index (χ1n) is 9.02. The van der Waals surface area contributed by atoms with Gasteiger partial charge >= 0.3 is 0 Å². The van der Waals surface area contributed by atoms with Crippen LogP contribution in [0, 0.1) is 19.3 Å². The monoisotopic (exact) mass is 327 g/mol. The molecule has 0 saturated carbocycles. The van der Waals surface area contributed by atoms with Crippen molar-refractivity contribution in [1.29, 1.82) is 0 Å². The minimum atomic E-state index is 0.241. The molecule has 5 nitrogen and oxygen atoms in total. The average molecular weight is 327 g/mol. The van der Waals surface area contributed by atoms with Gasteiger partial charge in [-0.1, -0.05) is 13.8 Å². The standard InChI is InChI=1S/C19H29N5/c1-14-10-15(2)21-18(20-14)23-22-16-11-17(13-19(3,4)12-16)24-8-6-5-7-9-24/h10-11H,5-9,12-13H2,1-4H3,(H,20,21,23). The Kier molecular flexibility index (Phi) is 4.88. The van der Waals surface area contributed by atoms with Crippen LogP contribution in [0.2, 0.25) is 0 Å². The summed E-state index contributed by atoms with van der Waals surface area (Å²) in [6.07, 6.45) is 8.35. The molecule has 24 heavy (non-hydrogen) atoms. The molecule has 1 fully saturated rings. The van der Waals surface area contributed by atoms with Crippen LogP contribution in [0.15, 0.2) is 22.9 Å². The number of nitrogens with zero attached hydrogens (tertiary/aromatic N) is 4. The number of hydrogen-bond acceptors (Lipinski definition) is 5. The van der Waals surface area contributed by atoms with E-state index in [4.69, 9.17) is 0 Å². The van der Waals surface area contributed by atoms with Crippen LogP contribution in [0.3, 0.4) is 0 Å². The number of aryl methyl sites for hydroxylation is 2. The first-order valence-corrected chi connectivity index (χ1v) is 9.02. The van der Waals surface area contributed by atoms with Gasteiger partial charge in [0.1, 0.15) is 0 Å². The zero-order chi connectivity index (χ0) is 17.2. The van der Waals surface area contributed by atoms with E-state index in [0.29, 0.717) is 5.95 Å². The Bertz CT molecular complexity index is 633. The van der Waals surface area contributed by atoms with E-state index in [-0.39, 0.29) is 5.41 Å². The molecule has 3 rings (SSSR count). The summed E-state index contributed by atoms with van der Waals surface area (Å²) in [5.74, 6) is 0.580. The van der Waals surface area contributed by atoms with Gasteiger partial charge in [0.05, 0.1) is 5.71 Å². The topological polar surface area (TPSA) is 53.4 Å². The van der Waals surface area contributed by atoms with E-state index >= 15 is 0 Å². The van der Waals surface area contributed by atoms with Gasteiger partial charge in [0.25, 0.3) is 0 Å². The lowest BCUT2D eigenvalue weighted by molar-refractivity contribution is 0.241. The predicted octanol–water partition coefficient (Wildman–Crippen LogP) is 4.05. The van der Waals surface area contributed by atoms with Crippen molar-refractivity contribution in [3.63, 3.8) is 0 Å². The molecular weight excluding hydrogens is 298 g/mol. The quantitative estimate of drug-likeness (QED) is 0.851. The molecule has 2 heterocycles. The highest BCUT2D eigenvalue weighted by atomic mass is 15.4. The molecule has 1 aromatic rings. The Morgan fingerprint density at radius 3 is 2.38 bits per heavy atom. The Balaban J connectivity index is 1.79. The van der Waals surface area contributed by atoms with E-state index in [0.717, 1.165) is 29.9 Å². The molecule has 130 valence electrons. The number of piperidine rings is 1. The maximum absolute atomic E-state index is 4.61. The number of likely N-dealkylation sites (tertiary alicyclic amines) is 1. The van der Waals surface area contributed by atoms with Crippen molar-refractivity contribution in [3.8, 4) is 0 Å². The van der Waals surface area contributed by atoms with E-state index in [1.807, 2.05) is 19.9 Å². The van der Waals surface area contributed by atoms with E-state index in [2.05, 4.69) is 45.3 Å². The second-order valence-corrected chi connectivity index (χ2v) is 7.89. The van der Waals surface area contributed by atoms with Gasteiger partial charge in [-0.3, -0.25) is 0 Å². The lowest BCUT2D eigenvalue weighted by atomic mass is 9.78. The van der Waals surface area contributed by atoms with Crippen molar-refractivity contribution >= 4 is 11.7 Å². The van der Waals surface area contributed by atoms with Crippen molar-refractivity contribution < 1.29 is 0 Å². The Labute approximate surface area is 145 Å². The van der Waals surface area contributed by atoms with E-state index in [1.165, 1.54) is 38.0 Å². The first kappa shape index (κ1) is 16.9. The van der Waals surface area contributed by atoms with Crippen LogP contribution < -0.4 is 5.43 Å². The predicted molar refractivity (Wildman–Crippen MR) is 99.1 cm³/mol. The minimum Gasteiger partial charge on any atom is -0.375 e. The number of anilines is 1. The van der Waals surface area contributed by atoms with Crippen LogP contribution in [-0.4, -0.2) is 33.7 Å². The highest BCUT2D eigenvalue weighted by molar-refractivity contribution is 5.97. The highest BCUT2D eigenvalue weighted by Crippen LogP contribution is 2.36. The van der Waals surface area contributed by atoms with Gasteiger partial charge in [-0.15, -0.1) is 0 Å². The maximum atomic E-state index is 4.61. The van der Waals surface area contributed by atoms with Crippen LogP contribution in [0.4, 0.5) is 5.95 Å². The zero-order valence-corrected chi connectivity index (χ0v) is 15.4. The molecule has 1 aliphatic heterocycles. The summed E-state index contributed by atoms with van der Waals surface area (Å²) in [5, 5.41) is 4.61. The maximum Gasteiger partial charge on any atom is 0.243 e. The largest absolute Gasteiger partial charge is 0.375 e. The Morgan fingerprint density at radius 2 is 1.71 bits per heavy atom. The molecule has 0 unspecified atom stereocenters. The van der Waals surface area contributed by atoms with Crippen molar-refractivity contribution in [2.75, 3.05) is 18.5 Å². The molecule has 0 aromatic carbocycles. The smallest absolute Gasteiger partial charge is 0.243 e. The lowest BCUT2D eigenvalue weighted by Gasteiger charge is -2.38. The van der Waals surface area contributed by atoms with Crippen molar-refractivity contribution in [2.45, 2.75) is 59.8 Å². The molecule has 1 aromatic heterocycles. The van der Waals surface area contributed by atoms with E-state index < -0.39 is 0 Å². The normalized spacial score (nSPS) is 22.4. The number of nitrogens with one attached hydrogen (secondary N) is 1. The lowest BCUT2D eigenvalue weighted by Crippen LogP contribution is -2.35. The molecule has 1 N–H and O–H groups in total. The number of hydrogen-bond donors (Lipinski definition) is 1. The summed E-state index contributed by atoms with van der Waals surface area (Å²) in [7, 11) is 0. The van der Waals surface area contributed by atoms with Gasteiger partial charge < -0.3 is 4.90 Å². The highest BCUT2D eigenvalue weighted by Gasteiger charge is 2.29. The zero-order valence-electron chi connectivity index (χ0n) is 15.4. The molecule has 5 heteroatoms. The Hall–Kier alpha value is -1.91. The molecular formula is C19H29N5. The van der Waals surface area contributed by atoms with Crippen LogP contribution in [0.1, 0.15) is 57.3 Å². The fourth-order valence-corrected chi connectivity index (χ4v) is 3.69. The fourth-order valence-electron chi connectivity index (χ4n) is 3.69. The summed E-state index contributed by atoms with van der Waals surface area (Å²) < 4.78 is 0. The third-order valence-corrected chi connectivity index (χ3v) is 4.70. The molecule has 1 saturated heterocycles. The second-order valence-electron chi connectivity index (χ2n) is 7.89. The third-order valence-electron chi connectivity index (χ3n) is 4.70. The summed E-state index contributed by atoms with van der Waals surface area (Å²) in [4.78, 5) is 11.4. The SMILES string of the molecule is Cc1cc(C)nc(NN=C2C=C(N3CCCCC3)CC(C)(C)C2)n1. The van der Waals surface area contributed by atoms with Gasteiger partial charge in [-0.05, 0) is 63.5 Å². The van der Waals surface area contributed by atoms with Crippen LogP contribution in [0.25, 0.3) is 0 Å². The van der Waals surface area contributed by atoms with Crippen molar-refractivity contribution in [3.05, 3.63) is 29.2 Å². The van der Waals surface area contributed by atoms with E-state index in [9.17, 15) is 0 Å². The summed E-state index contributed by atoms with van der Waals surface area (Å²) in [5.41, 5.74) is 7.75. The number of hydrazone groups is 1. The molecule has 1 aliphatic carbocycles. The van der Waals surface area contributed by atoms with Crippen molar-refractivity contribution in [1.82, 2.24) is 14.9 Å².